The molecular weight excluding hydrogens is 354 g/mol. The number of benzene rings is 1. The summed E-state index contributed by atoms with van der Waals surface area (Å²) in [5.41, 5.74) is 0.592. The van der Waals surface area contributed by atoms with Gasteiger partial charge < -0.3 is 4.90 Å². The fraction of sp³-hybridized carbons (Fsp3) is 0.533. The maximum absolute atomic E-state index is 12.7. The van der Waals surface area contributed by atoms with Gasteiger partial charge in [-0.15, -0.1) is 0 Å². The molecule has 0 aliphatic carbocycles. The monoisotopic (exact) mass is 373 g/mol. The molecule has 0 spiro atoms. The van der Waals surface area contributed by atoms with Crippen LogP contribution in [0.3, 0.4) is 0 Å². The molecule has 1 saturated heterocycles. The summed E-state index contributed by atoms with van der Waals surface area (Å²) in [6.07, 6.45) is 0.537. The van der Waals surface area contributed by atoms with Gasteiger partial charge in [0.2, 0.25) is 0 Å². The molecule has 0 saturated carbocycles. The molecule has 1 aliphatic rings. The third-order valence-corrected chi connectivity index (χ3v) is 5.79. The SMILES string of the molecule is CC(C)CN(C(=O)c1cccc(Br)c1)C1CCS(=O)(=O)C1. The second-order valence-corrected chi connectivity index (χ2v) is 9.06. The summed E-state index contributed by atoms with van der Waals surface area (Å²) in [7, 11) is -3.00. The van der Waals surface area contributed by atoms with Crippen molar-refractivity contribution in [3.8, 4) is 0 Å². The number of halogens is 1. The number of amides is 1. The molecule has 1 aliphatic heterocycles. The molecule has 21 heavy (non-hydrogen) atoms. The normalized spacial score (nSPS) is 20.7. The molecule has 1 aromatic rings. The number of sulfone groups is 1. The van der Waals surface area contributed by atoms with Crippen molar-refractivity contribution in [3.05, 3.63) is 34.3 Å². The number of rotatable bonds is 4. The van der Waals surface area contributed by atoms with Gasteiger partial charge >= 0.3 is 0 Å². The molecule has 1 amide bonds. The maximum Gasteiger partial charge on any atom is 0.254 e. The second-order valence-electron chi connectivity index (χ2n) is 5.92. The van der Waals surface area contributed by atoms with E-state index in [9.17, 15) is 13.2 Å². The summed E-state index contributed by atoms with van der Waals surface area (Å²) in [6, 6.07) is 7.02. The van der Waals surface area contributed by atoms with Gasteiger partial charge in [-0.05, 0) is 30.5 Å². The van der Waals surface area contributed by atoms with Gasteiger partial charge in [-0.1, -0.05) is 35.8 Å². The Morgan fingerprint density at radius 1 is 1.43 bits per heavy atom. The lowest BCUT2D eigenvalue weighted by Crippen LogP contribution is -2.43. The molecule has 6 heteroatoms. The zero-order chi connectivity index (χ0) is 15.6. The lowest BCUT2D eigenvalue weighted by molar-refractivity contribution is 0.0672. The molecule has 0 aromatic heterocycles. The minimum Gasteiger partial charge on any atom is -0.334 e. The first-order valence-corrected chi connectivity index (χ1v) is 9.67. The quantitative estimate of drug-likeness (QED) is 0.815. The summed E-state index contributed by atoms with van der Waals surface area (Å²) in [4.78, 5) is 14.5. The highest BCUT2D eigenvalue weighted by Crippen LogP contribution is 2.22. The van der Waals surface area contributed by atoms with Crippen LogP contribution >= 0.6 is 15.9 Å². The van der Waals surface area contributed by atoms with E-state index in [2.05, 4.69) is 15.9 Å². The third-order valence-electron chi connectivity index (χ3n) is 3.54. The van der Waals surface area contributed by atoms with Gasteiger partial charge in [0.15, 0.2) is 9.84 Å². The van der Waals surface area contributed by atoms with Gasteiger partial charge in [0, 0.05) is 22.6 Å². The van der Waals surface area contributed by atoms with Crippen molar-refractivity contribution in [1.29, 1.82) is 0 Å². The van der Waals surface area contributed by atoms with E-state index in [4.69, 9.17) is 0 Å². The Morgan fingerprint density at radius 2 is 2.14 bits per heavy atom. The van der Waals surface area contributed by atoms with E-state index in [0.717, 1.165) is 4.47 Å². The van der Waals surface area contributed by atoms with Crippen molar-refractivity contribution in [3.63, 3.8) is 0 Å². The Balaban J connectivity index is 2.26. The fourth-order valence-corrected chi connectivity index (χ4v) is 4.73. The Kier molecular flexibility index (Phi) is 5.09. The van der Waals surface area contributed by atoms with Gasteiger partial charge in [-0.25, -0.2) is 8.42 Å². The van der Waals surface area contributed by atoms with E-state index in [1.165, 1.54) is 0 Å². The zero-order valence-electron chi connectivity index (χ0n) is 12.3. The predicted octanol–water partition coefficient (Wildman–Crippen LogP) is 2.73. The minimum atomic E-state index is -3.00. The van der Waals surface area contributed by atoms with Crippen LogP contribution < -0.4 is 0 Å². The first kappa shape index (κ1) is 16.5. The molecule has 116 valence electrons. The van der Waals surface area contributed by atoms with E-state index >= 15 is 0 Å². The first-order valence-electron chi connectivity index (χ1n) is 7.05. The van der Waals surface area contributed by atoms with Crippen molar-refractivity contribution in [2.75, 3.05) is 18.1 Å². The predicted molar refractivity (Wildman–Crippen MR) is 87.1 cm³/mol. The van der Waals surface area contributed by atoms with Gasteiger partial charge in [0.25, 0.3) is 5.91 Å². The molecule has 0 radical (unpaired) electrons. The van der Waals surface area contributed by atoms with E-state index in [0.29, 0.717) is 24.4 Å². The van der Waals surface area contributed by atoms with Crippen LogP contribution in [0.4, 0.5) is 0 Å². The van der Waals surface area contributed by atoms with Crippen LogP contribution in [0.1, 0.15) is 30.6 Å². The molecule has 4 nitrogen and oxygen atoms in total. The molecule has 0 N–H and O–H groups in total. The Labute approximate surface area is 134 Å². The maximum atomic E-state index is 12.7. The standard InChI is InChI=1S/C15H20BrNO3S/c1-11(2)9-17(14-6-7-21(19,20)10-14)15(18)12-4-3-5-13(16)8-12/h3-5,8,11,14H,6-7,9-10H2,1-2H3. The lowest BCUT2D eigenvalue weighted by atomic mass is 10.1. The minimum absolute atomic E-state index is 0.0828. The van der Waals surface area contributed by atoms with Crippen molar-refractivity contribution < 1.29 is 13.2 Å². The van der Waals surface area contributed by atoms with Crippen molar-refractivity contribution in [2.24, 2.45) is 5.92 Å². The topological polar surface area (TPSA) is 54.5 Å². The number of nitrogens with zero attached hydrogens (tertiary/aromatic N) is 1. The summed E-state index contributed by atoms with van der Waals surface area (Å²) in [5, 5.41) is 0. The van der Waals surface area contributed by atoms with Crippen LogP contribution in [-0.2, 0) is 9.84 Å². The molecular formula is C15H20BrNO3S. The lowest BCUT2D eigenvalue weighted by Gasteiger charge is -2.30. The first-order chi connectivity index (χ1) is 9.78. The number of hydrogen-bond acceptors (Lipinski definition) is 3. The van der Waals surface area contributed by atoms with Gasteiger partial charge in [-0.2, -0.15) is 0 Å². The van der Waals surface area contributed by atoms with Crippen LogP contribution in [0.15, 0.2) is 28.7 Å². The van der Waals surface area contributed by atoms with Crippen molar-refractivity contribution >= 4 is 31.7 Å². The summed E-state index contributed by atoms with van der Waals surface area (Å²) < 4.78 is 24.2. The molecule has 1 heterocycles. The van der Waals surface area contributed by atoms with Crippen molar-refractivity contribution in [2.45, 2.75) is 26.3 Å². The molecule has 1 atom stereocenters. The van der Waals surface area contributed by atoms with Crippen molar-refractivity contribution in [1.82, 2.24) is 4.90 Å². The highest BCUT2D eigenvalue weighted by molar-refractivity contribution is 9.10. The van der Waals surface area contributed by atoms with Crippen LogP contribution in [0.25, 0.3) is 0 Å². The third kappa shape index (κ3) is 4.30. The molecule has 1 fully saturated rings. The highest BCUT2D eigenvalue weighted by Gasteiger charge is 2.35. The van der Waals surface area contributed by atoms with E-state index in [-0.39, 0.29) is 23.5 Å². The number of carbonyl (C=O) groups is 1. The van der Waals surface area contributed by atoms with Crippen LogP contribution in [0.5, 0.6) is 0 Å². The van der Waals surface area contributed by atoms with Crippen LogP contribution in [0, 0.1) is 5.92 Å². The molecule has 0 bridgehead atoms. The highest BCUT2D eigenvalue weighted by atomic mass is 79.9. The van der Waals surface area contributed by atoms with Crippen LogP contribution in [0.2, 0.25) is 0 Å². The Morgan fingerprint density at radius 3 is 2.67 bits per heavy atom. The average Bonchev–Trinajstić information content (AvgIpc) is 2.75. The van der Waals surface area contributed by atoms with E-state index in [1.54, 1.807) is 17.0 Å². The van der Waals surface area contributed by atoms with Gasteiger partial charge in [-0.3, -0.25) is 4.79 Å². The molecule has 2 rings (SSSR count). The number of hydrogen-bond donors (Lipinski definition) is 0. The summed E-state index contributed by atoms with van der Waals surface area (Å²) in [6.45, 7) is 4.64. The molecule has 1 unspecified atom stereocenters. The second kappa shape index (κ2) is 6.48. The number of carbonyl (C=O) groups excluding carboxylic acids is 1. The van der Waals surface area contributed by atoms with Gasteiger partial charge in [0.1, 0.15) is 0 Å². The molecule has 1 aromatic carbocycles. The van der Waals surface area contributed by atoms with Crippen LogP contribution in [-0.4, -0.2) is 43.3 Å². The Bertz CT molecular complexity index is 628. The van der Waals surface area contributed by atoms with E-state index in [1.807, 2.05) is 26.0 Å². The summed E-state index contributed by atoms with van der Waals surface area (Å²) in [5.74, 6) is 0.466. The van der Waals surface area contributed by atoms with E-state index < -0.39 is 9.84 Å². The smallest absolute Gasteiger partial charge is 0.254 e. The average molecular weight is 374 g/mol. The van der Waals surface area contributed by atoms with Gasteiger partial charge in [0.05, 0.1) is 11.5 Å². The Hall–Kier alpha value is -0.880. The summed E-state index contributed by atoms with van der Waals surface area (Å²) >= 11 is 3.37. The fourth-order valence-electron chi connectivity index (χ4n) is 2.60. The largest absolute Gasteiger partial charge is 0.334 e. The zero-order valence-corrected chi connectivity index (χ0v) is 14.7.